The van der Waals surface area contributed by atoms with Crippen LogP contribution in [-0.2, 0) is 14.4 Å². The van der Waals surface area contributed by atoms with Crippen molar-refractivity contribution in [3.63, 3.8) is 0 Å². The molecule has 3 unspecified atom stereocenters. The van der Waals surface area contributed by atoms with Crippen molar-refractivity contribution in [1.82, 2.24) is 5.32 Å². The van der Waals surface area contributed by atoms with Gasteiger partial charge in [0.05, 0.1) is 12.3 Å². The third-order valence-corrected chi connectivity index (χ3v) is 3.13. The van der Waals surface area contributed by atoms with E-state index < -0.39 is 42.3 Å². The lowest BCUT2D eigenvalue weighted by atomic mass is 9.94. The van der Waals surface area contributed by atoms with Gasteiger partial charge in [-0.15, -0.1) is 0 Å². The molecular weight excluding hydrogens is 276 g/mol. The Bertz CT molecular complexity index is 517. The second-order valence-corrected chi connectivity index (χ2v) is 4.72. The Morgan fingerprint density at radius 2 is 1.76 bits per heavy atom. The van der Waals surface area contributed by atoms with Gasteiger partial charge in [-0.3, -0.25) is 9.59 Å². The molecule has 0 saturated carbocycles. The molecular formula is C14H18N2O5. The van der Waals surface area contributed by atoms with Gasteiger partial charge in [0.15, 0.2) is 0 Å². The molecule has 1 amide bonds. The van der Waals surface area contributed by atoms with Gasteiger partial charge in [0.25, 0.3) is 0 Å². The number of carbonyl (C=O) groups excluding carboxylic acids is 1. The number of carbonyl (C=O) groups is 3. The van der Waals surface area contributed by atoms with Gasteiger partial charge in [-0.05, 0) is 5.56 Å². The minimum Gasteiger partial charge on any atom is -0.481 e. The van der Waals surface area contributed by atoms with E-state index in [0.717, 1.165) is 5.56 Å². The van der Waals surface area contributed by atoms with Crippen LogP contribution in [0.3, 0.4) is 0 Å². The Balaban J connectivity index is 2.73. The van der Waals surface area contributed by atoms with Crippen LogP contribution in [-0.4, -0.2) is 34.1 Å². The van der Waals surface area contributed by atoms with Crippen LogP contribution in [0.15, 0.2) is 30.3 Å². The maximum absolute atomic E-state index is 12.0. The Morgan fingerprint density at radius 3 is 2.24 bits per heavy atom. The number of nitrogens with two attached hydrogens (primary N) is 1. The topological polar surface area (TPSA) is 130 Å². The quantitative estimate of drug-likeness (QED) is 0.574. The van der Waals surface area contributed by atoms with E-state index in [1.54, 1.807) is 31.2 Å². The van der Waals surface area contributed by atoms with Crippen LogP contribution in [0.2, 0.25) is 0 Å². The lowest BCUT2D eigenvalue weighted by molar-refractivity contribution is -0.147. The number of nitrogens with one attached hydrogen (secondary N) is 1. The zero-order valence-corrected chi connectivity index (χ0v) is 11.5. The molecule has 0 heterocycles. The Labute approximate surface area is 121 Å². The number of carboxylic acid groups (broad SMARTS) is 2. The first kappa shape index (κ1) is 16.6. The summed E-state index contributed by atoms with van der Waals surface area (Å²) in [5.74, 6) is -3.99. The molecule has 1 aromatic rings. The summed E-state index contributed by atoms with van der Waals surface area (Å²) in [4.78, 5) is 33.5. The summed E-state index contributed by atoms with van der Waals surface area (Å²) in [6, 6.07) is 6.83. The average Bonchev–Trinajstić information content (AvgIpc) is 2.45. The molecule has 0 saturated heterocycles. The Morgan fingerprint density at radius 1 is 1.19 bits per heavy atom. The molecule has 1 aromatic carbocycles. The predicted molar refractivity (Wildman–Crippen MR) is 74.4 cm³/mol. The lowest BCUT2D eigenvalue weighted by Crippen LogP contribution is -2.46. The fourth-order valence-electron chi connectivity index (χ4n) is 1.80. The maximum Gasteiger partial charge on any atom is 0.326 e. The van der Waals surface area contributed by atoms with Gasteiger partial charge in [0, 0.05) is 6.04 Å². The molecule has 7 nitrogen and oxygen atoms in total. The van der Waals surface area contributed by atoms with Crippen molar-refractivity contribution < 1.29 is 24.6 Å². The average molecular weight is 294 g/mol. The number of hydrogen-bond donors (Lipinski definition) is 4. The summed E-state index contributed by atoms with van der Waals surface area (Å²) < 4.78 is 0. The molecule has 114 valence electrons. The number of carboxylic acids is 2. The number of hydrogen-bond acceptors (Lipinski definition) is 4. The number of amides is 1. The zero-order valence-electron chi connectivity index (χ0n) is 11.5. The number of aliphatic carboxylic acids is 2. The number of rotatable bonds is 7. The molecule has 5 N–H and O–H groups in total. The number of benzene rings is 1. The second-order valence-electron chi connectivity index (χ2n) is 4.72. The largest absolute Gasteiger partial charge is 0.481 e. The van der Waals surface area contributed by atoms with Gasteiger partial charge in [0.2, 0.25) is 5.91 Å². The van der Waals surface area contributed by atoms with Gasteiger partial charge in [-0.25, -0.2) is 4.79 Å². The molecule has 0 radical (unpaired) electrons. The molecule has 0 aliphatic rings. The molecule has 21 heavy (non-hydrogen) atoms. The summed E-state index contributed by atoms with van der Waals surface area (Å²) in [7, 11) is 0. The highest BCUT2D eigenvalue weighted by Gasteiger charge is 2.28. The fraction of sp³-hybridized carbons (Fsp3) is 0.357. The van der Waals surface area contributed by atoms with Gasteiger partial charge >= 0.3 is 11.9 Å². The molecule has 1 rings (SSSR count). The zero-order chi connectivity index (χ0) is 16.0. The van der Waals surface area contributed by atoms with Crippen molar-refractivity contribution in [3.8, 4) is 0 Å². The standard InChI is InChI=1S/C14H18N2O5/c1-8(12(15)9-5-3-2-4-6-9)13(19)16-10(14(20)21)7-11(17)18/h2-6,8,10,12H,7,15H2,1H3,(H,16,19)(H,17,18)(H,20,21). The Kier molecular flexibility index (Phi) is 5.86. The minimum absolute atomic E-state index is 0.597. The molecule has 0 aromatic heterocycles. The molecule has 0 spiro atoms. The van der Waals surface area contributed by atoms with Crippen molar-refractivity contribution in [2.24, 2.45) is 11.7 Å². The van der Waals surface area contributed by atoms with Crippen molar-refractivity contribution in [3.05, 3.63) is 35.9 Å². The van der Waals surface area contributed by atoms with Gasteiger partial charge in [-0.1, -0.05) is 37.3 Å². The second kappa shape index (κ2) is 7.39. The summed E-state index contributed by atoms with van der Waals surface area (Å²) in [5.41, 5.74) is 6.71. The van der Waals surface area contributed by atoms with Gasteiger partial charge in [-0.2, -0.15) is 0 Å². The van der Waals surface area contributed by atoms with E-state index in [-0.39, 0.29) is 0 Å². The van der Waals surface area contributed by atoms with E-state index in [1.165, 1.54) is 0 Å². The van der Waals surface area contributed by atoms with E-state index in [1.807, 2.05) is 6.07 Å². The first-order valence-electron chi connectivity index (χ1n) is 6.38. The van der Waals surface area contributed by atoms with Crippen LogP contribution >= 0.6 is 0 Å². The normalized spacial score (nSPS) is 14.8. The molecule has 0 bridgehead atoms. The van der Waals surface area contributed by atoms with E-state index >= 15 is 0 Å². The van der Waals surface area contributed by atoms with Crippen LogP contribution in [0.4, 0.5) is 0 Å². The molecule has 7 heteroatoms. The first-order valence-corrected chi connectivity index (χ1v) is 6.38. The van der Waals surface area contributed by atoms with E-state index in [0.29, 0.717) is 0 Å². The van der Waals surface area contributed by atoms with E-state index in [2.05, 4.69) is 5.32 Å². The summed E-state index contributed by atoms with van der Waals surface area (Å²) in [6.45, 7) is 1.56. The van der Waals surface area contributed by atoms with Gasteiger partial charge < -0.3 is 21.3 Å². The summed E-state index contributed by atoms with van der Waals surface area (Å²) >= 11 is 0. The lowest BCUT2D eigenvalue weighted by Gasteiger charge is -2.21. The highest BCUT2D eigenvalue weighted by atomic mass is 16.4. The fourth-order valence-corrected chi connectivity index (χ4v) is 1.80. The van der Waals surface area contributed by atoms with Crippen LogP contribution in [0.5, 0.6) is 0 Å². The minimum atomic E-state index is -1.47. The van der Waals surface area contributed by atoms with E-state index in [9.17, 15) is 14.4 Å². The van der Waals surface area contributed by atoms with Crippen molar-refractivity contribution in [2.45, 2.75) is 25.4 Å². The third-order valence-electron chi connectivity index (χ3n) is 3.13. The third kappa shape index (κ3) is 4.88. The molecule has 0 aliphatic heterocycles. The van der Waals surface area contributed by atoms with Crippen molar-refractivity contribution in [1.29, 1.82) is 0 Å². The van der Waals surface area contributed by atoms with Crippen molar-refractivity contribution in [2.75, 3.05) is 0 Å². The molecule has 0 fully saturated rings. The first-order chi connectivity index (χ1) is 9.82. The van der Waals surface area contributed by atoms with E-state index in [4.69, 9.17) is 15.9 Å². The van der Waals surface area contributed by atoms with Crippen LogP contribution in [0.25, 0.3) is 0 Å². The van der Waals surface area contributed by atoms with Crippen LogP contribution in [0.1, 0.15) is 24.9 Å². The molecule has 0 aliphatic carbocycles. The monoisotopic (exact) mass is 294 g/mol. The SMILES string of the molecule is CC(C(=O)NC(CC(=O)O)C(=O)O)C(N)c1ccccc1. The summed E-state index contributed by atoms with van der Waals surface area (Å²) in [5, 5.41) is 19.7. The maximum atomic E-state index is 12.0. The van der Waals surface area contributed by atoms with Gasteiger partial charge in [0.1, 0.15) is 6.04 Å². The molecule has 3 atom stereocenters. The smallest absolute Gasteiger partial charge is 0.326 e. The Hall–Kier alpha value is -2.41. The highest BCUT2D eigenvalue weighted by molar-refractivity contribution is 5.88. The highest BCUT2D eigenvalue weighted by Crippen LogP contribution is 2.19. The summed E-state index contributed by atoms with van der Waals surface area (Å²) in [6.07, 6.45) is -0.686. The van der Waals surface area contributed by atoms with Crippen LogP contribution < -0.4 is 11.1 Å². The van der Waals surface area contributed by atoms with Crippen LogP contribution in [0, 0.1) is 5.92 Å². The van der Waals surface area contributed by atoms with Crippen molar-refractivity contribution >= 4 is 17.8 Å². The predicted octanol–water partition coefficient (Wildman–Crippen LogP) is 0.367.